The largest absolute Gasteiger partial charge is 0.492 e. The van der Waals surface area contributed by atoms with E-state index in [1.807, 2.05) is 31.7 Å². The predicted molar refractivity (Wildman–Crippen MR) is 116 cm³/mol. The molecular weight excluding hydrogens is 406 g/mol. The summed E-state index contributed by atoms with van der Waals surface area (Å²) in [7, 11) is -3.11. The van der Waals surface area contributed by atoms with Crippen LogP contribution in [0.5, 0.6) is 5.75 Å². The quantitative estimate of drug-likeness (QED) is 0.505. The fourth-order valence-corrected chi connectivity index (χ4v) is 5.07. The zero-order valence-corrected chi connectivity index (χ0v) is 17.8. The monoisotopic (exact) mass is 427 g/mol. The summed E-state index contributed by atoms with van der Waals surface area (Å²) in [5.41, 5.74) is 0.512. The normalized spacial score (nSPS) is 17.1. The maximum absolute atomic E-state index is 12.1. The van der Waals surface area contributed by atoms with Gasteiger partial charge in [0.25, 0.3) is 15.5 Å². The molecule has 0 radical (unpaired) electrons. The predicted octanol–water partition coefficient (Wildman–Crippen LogP) is 2.85. The highest BCUT2D eigenvalue weighted by atomic mass is 32.2. The van der Waals surface area contributed by atoms with Crippen molar-refractivity contribution in [1.29, 1.82) is 0 Å². The second kappa shape index (κ2) is 6.52. The number of fused-ring (bicyclic) bond motifs is 3. The lowest BCUT2D eigenvalue weighted by Crippen LogP contribution is -2.36. The molecule has 0 bridgehead atoms. The van der Waals surface area contributed by atoms with Crippen molar-refractivity contribution in [2.24, 2.45) is 0 Å². The molecule has 1 aliphatic rings. The molecular formula is C22H21NO6S. The van der Waals surface area contributed by atoms with E-state index >= 15 is 0 Å². The first-order chi connectivity index (χ1) is 14.0. The average Bonchev–Trinajstić information content (AvgIpc) is 2.92. The first-order valence-corrected chi connectivity index (χ1v) is 10.9. The third-order valence-electron chi connectivity index (χ3n) is 5.83. The van der Waals surface area contributed by atoms with Gasteiger partial charge in [0.15, 0.2) is 5.75 Å². The van der Waals surface area contributed by atoms with Crippen LogP contribution in [0.15, 0.2) is 50.5 Å². The third kappa shape index (κ3) is 2.64. The summed E-state index contributed by atoms with van der Waals surface area (Å²) in [5.74, 6) is 0.0267. The Bertz CT molecular complexity index is 1410. The second-order valence-electron chi connectivity index (χ2n) is 7.80. The molecule has 4 rings (SSSR count). The lowest BCUT2D eigenvalue weighted by Gasteiger charge is -2.26. The van der Waals surface area contributed by atoms with Crippen molar-refractivity contribution in [2.45, 2.75) is 31.1 Å². The van der Waals surface area contributed by atoms with E-state index in [-0.39, 0.29) is 16.2 Å². The van der Waals surface area contributed by atoms with Crippen LogP contribution in [0.1, 0.15) is 31.9 Å². The number of anilines is 1. The molecule has 0 spiro atoms. The van der Waals surface area contributed by atoms with Crippen LogP contribution in [0.2, 0.25) is 0 Å². The van der Waals surface area contributed by atoms with Crippen LogP contribution in [0.4, 0.5) is 5.69 Å². The Labute approximate surface area is 173 Å². The van der Waals surface area contributed by atoms with E-state index in [0.717, 1.165) is 11.4 Å². The zero-order valence-electron chi connectivity index (χ0n) is 17.0. The van der Waals surface area contributed by atoms with Gasteiger partial charge in [0, 0.05) is 28.4 Å². The molecule has 0 aliphatic carbocycles. The van der Waals surface area contributed by atoms with E-state index in [1.165, 1.54) is 13.2 Å². The van der Waals surface area contributed by atoms with E-state index in [0.29, 0.717) is 22.9 Å². The summed E-state index contributed by atoms with van der Waals surface area (Å²) in [5, 5.41) is 1.10. The highest BCUT2D eigenvalue weighted by Crippen LogP contribution is 2.52. The molecule has 8 heteroatoms. The standard InChI is InChI=1S/C22H21NO6S/c1-5-23-17(10-14-19(24)20(25)21(14)29-4)22(2,3)15-11-16(30(26,27)28)12-8-6-7-9-13(12)18(15)23/h6-11H,5H2,1-4H3,(H,26,27,28). The summed E-state index contributed by atoms with van der Waals surface area (Å²) >= 11 is 0. The van der Waals surface area contributed by atoms with Crippen LogP contribution in [0, 0.1) is 0 Å². The van der Waals surface area contributed by atoms with Gasteiger partial charge in [0.05, 0.1) is 18.4 Å². The van der Waals surface area contributed by atoms with Crippen molar-refractivity contribution >= 4 is 32.7 Å². The van der Waals surface area contributed by atoms with Crippen LogP contribution in [0.25, 0.3) is 16.8 Å². The molecule has 156 valence electrons. The molecule has 3 aromatic carbocycles. The van der Waals surface area contributed by atoms with Crippen molar-refractivity contribution in [3.05, 3.63) is 67.6 Å². The topological polar surface area (TPSA) is 101 Å². The van der Waals surface area contributed by atoms with Gasteiger partial charge in [-0.05, 0) is 24.6 Å². The zero-order chi connectivity index (χ0) is 22.0. The summed E-state index contributed by atoms with van der Waals surface area (Å²) in [6.07, 6.45) is 1.65. The maximum atomic E-state index is 12.1. The molecule has 0 aromatic heterocycles. The van der Waals surface area contributed by atoms with Crippen molar-refractivity contribution in [1.82, 2.24) is 0 Å². The number of benzene rings is 2. The highest BCUT2D eigenvalue weighted by molar-refractivity contribution is 7.86. The van der Waals surface area contributed by atoms with E-state index in [9.17, 15) is 22.6 Å². The Kier molecular flexibility index (Phi) is 4.41. The molecule has 1 aliphatic heterocycles. The number of likely N-dealkylation sites (N-methyl/N-ethyl adjacent to an activating group) is 1. The van der Waals surface area contributed by atoms with Crippen LogP contribution < -0.4 is 20.5 Å². The number of nitrogens with zero attached hydrogens (tertiary/aromatic N) is 1. The summed E-state index contributed by atoms with van der Waals surface area (Å²) in [6.45, 7) is 6.32. The number of hydrogen-bond acceptors (Lipinski definition) is 6. The van der Waals surface area contributed by atoms with Gasteiger partial charge in [-0.3, -0.25) is 14.1 Å². The van der Waals surface area contributed by atoms with Gasteiger partial charge >= 0.3 is 0 Å². The molecule has 7 nitrogen and oxygen atoms in total. The Morgan fingerprint density at radius 3 is 2.33 bits per heavy atom. The molecule has 0 fully saturated rings. The van der Waals surface area contributed by atoms with Crippen molar-refractivity contribution in [2.75, 3.05) is 18.6 Å². The summed E-state index contributed by atoms with van der Waals surface area (Å²) in [4.78, 5) is 25.7. The Morgan fingerprint density at radius 2 is 1.77 bits per heavy atom. The molecule has 0 saturated carbocycles. The molecule has 30 heavy (non-hydrogen) atoms. The second-order valence-corrected chi connectivity index (χ2v) is 9.19. The molecule has 1 heterocycles. The Hall–Kier alpha value is -2.97. The summed E-state index contributed by atoms with van der Waals surface area (Å²) in [6, 6.07) is 8.47. The van der Waals surface area contributed by atoms with Gasteiger partial charge in [-0.25, -0.2) is 0 Å². The number of methoxy groups -OCH3 is 1. The minimum atomic E-state index is -4.45. The number of hydrogen-bond donors (Lipinski definition) is 1. The maximum Gasteiger partial charge on any atom is 0.295 e. The number of ether oxygens (including phenoxy) is 1. The van der Waals surface area contributed by atoms with Crippen molar-refractivity contribution in [3.63, 3.8) is 0 Å². The molecule has 0 amide bonds. The molecule has 1 N–H and O–H groups in total. The number of allylic oxidation sites excluding steroid dienone is 1. The van der Waals surface area contributed by atoms with Gasteiger partial charge in [-0.15, -0.1) is 0 Å². The van der Waals surface area contributed by atoms with Crippen LogP contribution in [0.3, 0.4) is 0 Å². The van der Waals surface area contributed by atoms with Crippen LogP contribution >= 0.6 is 0 Å². The minimum absolute atomic E-state index is 0.0267. The Balaban J connectivity index is 2.08. The first-order valence-electron chi connectivity index (χ1n) is 9.44. The minimum Gasteiger partial charge on any atom is -0.492 e. The average molecular weight is 427 g/mol. The molecule has 3 aromatic rings. The fraction of sp³-hybridized carbons (Fsp3) is 0.273. The fourth-order valence-electron chi connectivity index (χ4n) is 4.35. The van der Waals surface area contributed by atoms with Crippen LogP contribution in [-0.4, -0.2) is 26.6 Å². The van der Waals surface area contributed by atoms with Crippen LogP contribution in [-0.2, 0) is 15.5 Å². The van der Waals surface area contributed by atoms with Gasteiger partial charge < -0.3 is 9.64 Å². The van der Waals surface area contributed by atoms with Gasteiger partial charge in [-0.1, -0.05) is 38.1 Å². The van der Waals surface area contributed by atoms with E-state index in [2.05, 4.69) is 0 Å². The molecule has 0 saturated heterocycles. The lowest BCUT2D eigenvalue weighted by atomic mass is 9.82. The number of rotatable bonds is 4. The smallest absolute Gasteiger partial charge is 0.295 e. The summed E-state index contributed by atoms with van der Waals surface area (Å²) < 4.78 is 39.1. The third-order valence-corrected chi connectivity index (χ3v) is 6.73. The van der Waals surface area contributed by atoms with E-state index in [4.69, 9.17) is 4.74 Å². The highest BCUT2D eigenvalue weighted by Gasteiger charge is 2.42. The lowest BCUT2D eigenvalue weighted by molar-refractivity contribution is 0.404. The van der Waals surface area contributed by atoms with Gasteiger partial charge in [0.1, 0.15) is 4.90 Å². The van der Waals surface area contributed by atoms with E-state index in [1.54, 1.807) is 24.3 Å². The van der Waals surface area contributed by atoms with E-state index < -0.39 is 26.4 Å². The Morgan fingerprint density at radius 1 is 1.13 bits per heavy atom. The SMILES string of the molecule is CCN1C(=Cc2c(OC)c(=O)c2=O)C(C)(C)c2cc(S(=O)(=O)O)c3ccccc3c21. The first kappa shape index (κ1) is 20.3. The molecule has 0 unspecified atom stereocenters. The van der Waals surface area contributed by atoms with Crippen molar-refractivity contribution < 1.29 is 17.7 Å². The van der Waals surface area contributed by atoms with Gasteiger partial charge in [-0.2, -0.15) is 8.42 Å². The van der Waals surface area contributed by atoms with Gasteiger partial charge in [0.2, 0.25) is 5.43 Å². The molecule has 0 atom stereocenters. The van der Waals surface area contributed by atoms with Crippen molar-refractivity contribution in [3.8, 4) is 5.75 Å².